The molecule has 1 aliphatic rings. The molecule has 8 heteroatoms. The molecule has 0 radical (unpaired) electrons. The third-order valence-electron chi connectivity index (χ3n) is 4.45. The molecule has 31 heavy (non-hydrogen) atoms. The quantitative estimate of drug-likeness (QED) is 0.145. The number of guanidine groups is 1. The van der Waals surface area contributed by atoms with Crippen LogP contribution in [0.1, 0.15) is 45.6 Å². The smallest absolute Gasteiger partial charge is 0.258 e. The maximum absolute atomic E-state index is 11.7. The Balaban J connectivity index is 0.00000480. The van der Waals surface area contributed by atoms with Crippen molar-refractivity contribution < 1.29 is 14.3 Å². The van der Waals surface area contributed by atoms with E-state index in [1.54, 1.807) is 0 Å². The van der Waals surface area contributed by atoms with Gasteiger partial charge in [-0.05, 0) is 56.2 Å². The molecule has 0 aliphatic heterocycles. The molecule has 7 nitrogen and oxygen atoms in total. The van der Waals surface area contributed by atoms with Gasteiger partial charge in [-0.1, -0.05) is 26.0 Å². The summed E-state index contributed by atoms with van der Waals surface area (Å²) in [5.74, 6) is 2.07. The lowest BCUT2D eigenvalue weighted by Gasteiger charge is -2.12. The molecule has 0 heterocycles. The topological polar surface area (TPSA) is 84.0 Å². The number of carbonyl (C=O) groups is 1. The maximum atomic E-state index is 11.7. The summed E-state index contributed by atoms with van der Waals surface area (Å²) in [5, 5.41) is 9.56. The number of halogens is 1. The number of benzene rings is 1. The van der Waals surface area contributed by atoms with Crippen LogP contribution < -0.4 is 20.7 Å². The van der Waals surface area contributed by atoms with Crippen LogP contribution in [0.2, 0.25) is 0 Å². The average Bonchev–Trinajstić information content (AvgIpc) is 3.53. The monoisotopic (exact) mass is 546 g/mol. The van der Waals surface area contributed by atoms with Crippen LogP contribution in [0, 0.1) is 5.92 Å². The third kappa shape index (κ3) is 13.5. The maximum Gasteiger partial charge on any atom is 0.258 e. The summed E-state index contributed by atoms with van der Waals surface area (Å²) in [6, 6.07) is 8.26. The Morgan fingerprint density at radius 2 is 1.94 bits per heavy atom. The summed E-state index contributed by atoms with van der Waals surface area (Å²) in [6.07, 6.45) is 3.97. The van der Waals surface area contributed by atoms with Crippen molar-refractivity contribution in [1.82, 2.24) is 16.0 Å². The Kier molecular flexibility index (Phi) is 14.3. The van der Waals surface area contributed by atoms with Crippen molar-refractivity contribution in [3.05, 3.63) is 29.8 Å². The second kappa shape index (κ2) is 16.1. The fourth-order valence-corrected chi connectivity index (χ4v) is 2.74. The Hall–Kier alpha value is -1.55. The van der Waals surface area contributed by atoms with Gasteiger partial charge in [0.05, 0.1) is 0 Å². The number of nitrogens with zero attached hydrogens (tertiary/aromatic N) is 1. The molecule has 1 aromatic carbocycles. The van der Waals surface area contributed by atoms with Gasteiger partial charge in [0.1, 0.15) is 5.75 Å². The van der Waals surface area contributed by atoms with E-state index in [4.69, 9.17) is 9.47 Å². The fraction of sp³-hybridized carbons (Fsp3) is 0.652. The zero-order valence-corrected chi connectivity index (χ0v) is 21.4. The van der Waals surface area contributed by atoms with Gasteiger partial charge < -0.3 is 25.4 Å². The molecule has 1 saturated carbocycles. The first kappa shape index (κ1) is 27.5. The lowest BCUT2D eigenvalue weighted by atomic mass is 10.1. The van der Waals surface area contributed by atoms with E-state index in [1.807, 2.05) is 24.3 Å². The highest BCUT2D eigenvalue weighted by atomic mass is 127. The molecule has 0 spiro atoms. The molecular formula is C23H39IN4O3. The molecule has 0 unspecified atom stereocenters. The van der Waals surface area contributed by atoms with E-state index in [1.165, 1.54) is 5.56 Å². The van der Waals surface area contributed by atoms with Crippen LogP contribution in [0.3, 0.4) is 0 Å². The summed E-state index contributed by atoms with van der Waals surface area (Å²) in [5.41, 5.74) is 1.20. The van der Waals surface area contributed by atoms with Gasteiger partial charge in [0, 0.05) is 38.9 Å². The van der Waals surface area contributed by atoms with Crippen molar-refractivity contribution in [2.45, 2.75) is 52.5 Å². The standard InChI is InChI=1S/C23H38N4O3.HI/c1-4-24-23(25-13-5-15-29-16-18(2)3)26-14-12-19-6-10-21(11-7-19)30-17-22(28)27-20-8-9-20;/h6-7,10-11,18,20H,4-5,8-9,12-17H2,1-3H3,(H,27,28)(H2,24,25,26);1H. The van der Waals surface area contributed by atoms with Gasteiger partial charge in [-0.2, -0.15) is 0 Å². The van der Waals surface area contributed by atoms with Crippen LogP contribution >= 0.6 is 24.0 Å². The van der Waals surface area contributed by atoms with E-state index in [0.717, 1.165) is 64.5 Å². The van der Waals surface area contributed by atoms with Crippen molar-refractivity contribution in [3.8, 4) is 5.75 Å². The molecule has 3 N–H and O–H groups in total. The van der Waals surface area contributed by atoms with Gasteiger partial charge in [-0.3, -0.25) is 9.79 Å². The van der Waals surface area contributed by atoms with Crippen molar-refractivity contribution in [3.63, 3.8) is 0 Å². The fourth-order valence-electron chi connectivity index (χ4n) is 2.74. The number of nitrogens with one attached hydrogen (secondary N) is 3. The lowest BCUT2D eigenvalue weighted by Crippen LogP contribution is -2.38. The number of aliphatic imine (C=N–C) groups is 1. The molecule has 1 aliphatic carbocycles. The number of carbonyl (C=O) groups excluding carboxylic acids is 1. The minimum atomic E-state index is -0.0486. The van der Waals surface area contributed by atoms with Crippen LogP contribution in [-0.2, 0) is 16.0 Å². The normalized spacial score (nSPS) is 13.5. The van der Waals surface area contributed by atoms with Gasteiger partial charge in [0.2, 0.25) is 0 Å². The predicted molar refractivity (Wildman–Crippen MR) is 136 cm³/mol. The predicted octanol–water partition coefficient (Wildman–Crippen LogP) is 3.12. The second-order valence-electron chi connectivity index (χ2n) is 8.03. The second-order valence-corrected chi connectivity index (χ2v) is 8.03. The third-order valence-corrected chi connectivity index (χ3v) is 4.45. The largest absolute Gasteiger partial charge is 0.484 e. The van der Waals surface area contributed by atoms with E-state index in [2.05, 4.69) is 41.7 Å². The minimum Gasteiger partial charge on any atom is -0.484 e. The van der Waals surface area contributed by atoms with Crippen molar-refractivity contribution in [2.75, 3.05) is 39.5 Å². The molecule has 0 aromatic heterocycles. The highest BCUT2D eigenvalue weighted by Gasteiger charge is 2.23. The zero-order valence-electron chi connectivity index (χ0n) is 19.1. The van der Waals surface area contributed by atoms with Crippen LogP contribution in [0.4, 0.5) is 0 Å². The average molecular weight is 546 g/mol. The first-order chi connectivity index (χ1) is 14.6. The molecule has 2 rings (SSSR count). The van der Waals surface area contributed by atoms with Gasteiger partial charge in [0.15, 0.2) is 12.6 Å². The summed E-state index contributed by atoms with van der Waals surface area (Å²) in [7, 11) is 0. The van der Waals surface area contributed by atoms with E-state index < -0.39 is 0 Å². The Morgan fingerprint density at radius 3 is 2.58 bits per heavy atom. The van der Waals surface area contributed by atoms with E-state index in [0.29, 0.717) is 17.7 Å². The summed E-state index contributed by atoms with van der Waals surface area (Å²) >= 11 is 0. The van der Waals surface area contributed by atoms with Gasteiger partial charge in [-0.25, -0.2) is 0 Å². The Morgan fingerprint density at radius 1 is 1.19 bits per heavy atom. The van der Waals surface area contributed by atoms with Gasteiger partial charge in [0.25, 0.3) is 5.91 Å². The number of amides is 1. The van der Waals surface area contributed by atoms with E-state index in [-0.39, 0.29) is 36.5 Å². The van der Waals surface area contributed by atoms with Crippen molar-refractivity contribution >= 4 is 35.8 Å². The minimum absolute atomic E-state index is 0. The SMILES string of the molecule is CCNC(=NCCCOCC(C)C)NCCc1ccc(OCC(=O)NC2CC2)cc1.I. The number of rotatable bonds is 14. The van der Waals surface area contributed by atoms with E-state index in [9.17, 15) is 4.79 Å². The molecule has 0 atom stereocenters. The molecule has 176 valence electrons. The summed E-state index contributed by atoms with van der Waals surface area (Å²) in [4.78, 5) is 16.3. The molecular weight excluding hydrogens is 507 g/mol. The van der Waals surface area contributed by atoms with Crippen molar-refractivity contribution in [1.29, 1.82) is 0 Å². The molecule has 0 saturated heterocycles. The van der Waals surface area contributed by atoms with Gasteiger partial charge in [-0.15, -0.1) is 24.0 Å². The lowest BCUT2D eigenvalue weighted by molar-refractivity contribution is -0.123. The summed E-state index contributed by atoms with van der Waals surface area (Å²) in [6.45, 7) is 10.4. The first-order valence-corrected chi connectivity index (χ1v) is 11.2. The van der Waals surface area contributed by atoms with E-state index >= 15 is 0 Å². The first-order valence-electron chi connectivity index (χ1n) is 11.2. The number of hydrogen-bond acceptors (Lipinski definition) is 4. The van der Waals surface area contributed by atoms with Crippen LogP contribution in [0.5, 0.6) is 5.75 Å². The molecule has 1 amide bonds. The van der Waals surface area contributed by atoms with Crippen LogP contribution in [0.25, 0.3) is 0 Å². The van der Waals surface area contributed by atoms with Gasteiger partial charge >= 0.3 is 0 Å². The zero-order chi connectivity index (χ0) is 21.6. The number of ether oxygens (including phenoxy) is 2. The summed E-state index contributed by atoms with van der Waals surface area (Å²) < 4.78 is 11.1. The number of hydrogen-bond donors (Lipinski definition) is 3. The highest BCUT2D eigenvalue weighted by Crippen LogP contribution is 2.18. The Labute approximate surface area is 204 Å². The molecule has 1 aromatic rings. The van der Waals surface area contributed by atoms with Crippen molar-refractivity contribution in [2.24, 2.45) is 10.9 Å². The molecule has 0 bridgehead atoms. The molecule has 1 fully saturated rings. The van der Waals surface area contributed by atoms with Crippen LogP contribution in [-0.4, -0.2) is 57.4 Å². The Bertz CT molecular complexity index is 649. The highest BCUT2D eigenvalue weighted by molar-refractivity contribution is 14.0. The van der Waals surface area contributed by atoms with Crippen LogP contribution in [0.15, 0.2) is 29.3 Å².